The number of rotatable bonds is 6. The van der Waals surface area contributed by atoms with E-state index in [1.165, 1.54) is 11.3 Å². The van der Waals surface area contributed by atoms with Gasteiger partial charge in [0.1, 0.15) is 0 Å². The van der Waals surface area contributed by atoms with Crippen LogP contribution in [0.5, 0.6) is 0 Å². The van der Waals surface area contributed by atoms with Gasteiger partial charge in [-0.3, -0.25) is 4.79 Å². The first kappa shape index (κ1) is 14.9. The number of para-hydroxylation sites is 1. The van der Waals surface area contributed by atoms with E-state index in [9.17, 15) is 4.79 Å². The van der Waals surface area contributed by atoms with Crippen molar-refractivity contribution in [1.82, 2.24) is 4.98 Å². The second-order valence-electron chi connectivity index (χ2n) is 5.29. The lowest BCUT2D eigenvalue weighted by Gasteiger charge is -2.11. The first-order chi connectivity index (χ1) is 9.56. The van der Waals surface area contributed by atoms with Crippen LogP contribution in [0.2, 0.25) is 0 Å². The molecule has 1 heterocycles. The van der Waals surface area contributed by atoms with E-state index in [0.717, 1.165) is 29.5 Å². The summed E-state index contributed by atoms with van der Waals surface area (Å²) >= 11 is 1.51. The van der Waals surface area contributed by atoms with Crippen molar-refractivity contribution in [2.45, 2.75) is 39.2 Å². The third-order valence-corrected chi connectivity index (χ3v) is 4.22. The SMILES string of the molecule is CC(N)CCCC(C)C(=O)Nc1nc2ccccc2s1. The highest BCUT2D eigenvalue weighted by molar-refractivity contribution is 7.22. The molecule has 0 spiro atoms. The molecule has 5 heteroatoms. The second-order valence-corrected chi connectivity index (χ2v) is 6.32. The van der Waals surface area contributed by atoms with Crippen molar-refractivity contribution in [2.75, 3.05) is 5.32 Å². The molecule has 20 heavy (non-hydrogen) atoms. The van der Waals surface area contributed by atoms with E-state index in [1.807, 2.05) is 38.1 Å². The smallest absolute Gasteiger partial charge is 0.228 e. The second kappa shape index (κ2) is 6.81. The van der Waals surface area contributed by atoms with Crippen LogP contribution >= 0.6 is 11.3 Å². The number of fused-ring (bicyclic) bond motifs is 1. The Labute approximate surface area is 123 Å². The van der Waals surface area contributed by atoms with Crippen molar-refractivity contribution < 1.29 is 4.79 Å². The van der Waals surface area contributed by atoms with Crippen LogP contribution in [0.15, 0.2) is 24.3 Å². The first-order valence-electron chi connectivity index (χ1n) is 6.98. The molecular weight excluding hydrogens is 270 g/mol. The molecule has 0 fully saturated rings. The van der Waals surface area contributed by atoms with Gasteiger partial charge in [-0.1, -0.05) is 36.8 Å². The summed E-state index contributed by atoms with van der Waals surface area (Å²) in [6, 6.07) is 8.09. The summed E-state index contributed by atoms with van der Waals surface area (Å²) < 4.78 is 1.09. The Hall–Kier alpha value is -1.46. The van der Waals surface area contributed by atoms with E-state index in [2.05, 4.69) is 10.3 Å². The average Bonchev–Trinajstić information content (AvgIpc) is 2.80. The highest BCUT2D eigenvalue weighted by Crippen LogP contribution is 2.26. The maximum absolute atomic E-state index is 12.1. The van der Waals surface area contributed by atoms with E-state index in [4.69, 9.17) is 5.73 Å². The maximum atomic E-state index is 12.1. The Morgan fingerprint density at radius 2 is 2.10 bits per heavy atom. The van der Waals surface area contributed by atoms with Gasteiger partial charge in [0.05, 0.1) is 10.2 Å². The fourth-order valence-corrected chi connectivity index (χ4v) is 2.90. The Kier molecular flexibility index (Phi) is 5.09. The van der Waals surface area contributed by atoms with Gasteiger partial charge < -0.3 is 11.1 Å². The molecule has 0 radical (unpaired) electrons. The molecule has 2 rings (SSSR count). The normalized spacial score (nSPS) is 14.2. The Balaban J connectivity index is 1.90. The molecule has 0 saturated heterocycles. The number of amides is 1. The average molecular weight is 291 g/mol. The van der Waals surface area contributed by atoms with Crippen LogP contribution in [-0.2, 0) is 4.79 Å². The Bertz CT molecular complexity index is 546. The molecule has 0 aliphatic rings. The van der Waals surface area contributed by atoms with E-state index >= 15 is 0 Å². The fraction of sp³-hybridized carbons (Fsp3) is 0.467. The maximum Gasteiger partial charge on any atom is 0.228 e. The van der Waals surface area contributed by atoms with Gasteiger partial charge in [-0.2, -0.15) is 0 Å². The largest absolute Gasteiger partial charge is 0.328 e. The van der Waals surface area contributed by atoms with Crippen LogP contribution in [0.25, 0.3) is 10.2 Å². The standard InChI is InChI=1S/C15H21N3OS/c1-10(6-5-7-11(2)16)14(19)18-15-17-12-8-3-4-9-13(12)20-15/h3-4,8-11H,5-7,16H2,1-2H3,(H,17,18,19). The summed E-state index contributed by atoms with van der Waals surface area (Å²) in [5, 5.41) is 3.58. The summed E-state index contributed by atoms with van der Waals surface area (Å²) in [6.07, 6.45) is 2.79. The van der Waals surface area contributed by atoms with Crippen molar-refractivity contribution in [1.29, 1.82) is 0 Å². The predicted octanol–water partition coefficient (Wildman–Crippen LogP) is 3.39. The molecule has 1 amide bonds. The minimum absolute atomic E-state index is 0.0132. The van der Waals surface area contributed by atoms with Gasteiger partial charge >= 0.3 is 0 Å². The summed E-state index contributed by atoms with van der Waals surface area (Å²) in [7, 11) is 0. The number of nitrogens with one attached hydrogen (secondary N) is 1. The van der Waals surface area contributed by atoms with Crippen molar-refractivity contribution in [3.05, 3.63) is 24.3 Å². The monoisotopic (exact) mass is 291 g/mol. The predicted molar refractivity (Wildman–Crippen MR) is 84.9 cm³/mol. The molecule has 1 aromatic carbocycles. The number of nitrogens with zero attached hydrogens (tertiary/aromatic N) is 1. The van der Waals surface area contributed by atoms with Crippen LogP contribution in [0.1, 0.15) is 33.1 Å². The number of anilines is 1. The quantitative estimate of drug-likeness (QED) is 0.857. The van der Waals surface area contributed by atoms with Crippen LogP contribution in [-0.4, -0.2) is 16.9 Å². The van der Waals surface area contributed by atoms with Gasteiger partial charge in [0.2, 0.25) is 5.91 Å². The minimum Gasteiger partial charge on any atom is -0.328 e. The van der Waals surface area contributed by atoms with Crippen LogP contribution in [0.4, 0.5) is 5.13 Å². The molecule has 2 unspecified atom stereocenters. The van der Waals surface area contributed by atoms with E-state index in [-0.39, 0.29) is 17.9 Å². The Morgan fingerprint density at radius 1 is 1.35 bits per heavy atom. The molecule has 0 bridgehead atoms. The lowest BCUT2D eigenvalue weighted by Crippen LogP contribution is -2.21. The van der Waals surface area contributed by atoms with Crippen LogP contribution in [0, 0.1) is 5.92 Å². The van der Waals surface area contributed by atoms with Crippen molar-refractivity contribution >= 4 is 32.6 Å². The third kappa shape index (κ3) is 4.02. The molecule has 2 aromatic rings. The summed E-state index contributed by atoms with van der Waals surface area (Å²) in [5.74, 6) is 0.0227. The molecule has 0 aliphatic heterocycles. The fourth-order valence-electron chi connectivity index (χ4n) is 2.03. The third-order valence-electron chi connectivity index (χ3n) is 3.27. The van der Waals surface area contributed by atoms with Gasteiger partial charge in [0.25, 0.3) is 0 Å². The van der Waals surface area contributed by atoms with E-state index < -0.39 is 0 Å². The molecule has 0 saturated carbocycles. The van der Waals surface area contributed by atoms with Crippen LogP contribution in [0.3, 0.4) is 0 Å². The van der Waals surface area contributed by atoms with Gasteiger partial charge in [0, 0.05) is 12.0 Å². The number of aromatic nitrogens is 1. The number of hydrogen-bond donors (Lipinski definition) is 2. The van der Waals surface area contributed by atoms with E-state index in [1.54, 1.807) is 0 Å². The van der Waals surface area contributed by atoms with Gasteiger partial charge in [-0.05, 0) is 31.9 Å². The highest BCUT2D eigenvalue weighted by Gasteiger charge is 2.14. The highest BCUT2D eigenvalue weighted by atomic mass is 32.1. The molecular formula is C15H21N3OS. The van der Waals surface area contributed by atoms with E-state index in [0.29, 0.717) is 5.13 Å². The zero-order valence-electron chi connectivity index (χ0n) is 11.9. The van der Waals surface area contributed by atoms with Gasteiger partial charge in [0.15, 0.2) is 5.13 Å². The molecule has 4 nitrogen and oxygen atoms in total. The number of hydrogen-bond acceptors (Lipinski definition) is 4. The lowest BCUT2D eigenvalue weighted by molar-refractivity contribution is -0.119. The molecule has 3 N–H and O–H groups in total. The zero-order chi connectivity index (χ0) is 14.5. The number of carbonyl (C=O) groups excluding carboxylic acids is 1. The number of nitrogens with two attached hydrogens (primary N) is 1. The van der Waals surface area contributed by atoms with Crippen LogP contribution < -0.4 is 11.1 Å². The lowest BCUT2D eigenvalue weighted by atomic mass is 10.0. The number of thiazole rings is 1. The Morgan fingerprint density at radius 3 is 2.80 bits per heavy atom. The van der Waals surface area contributed by atoms with Crippen molar-refractivity contribution in [2.24, 2.45) is 11.7 Å². The van der Waals surface area contributed by atoms with Crippen molar-refractivity contribution in [3.63, 3.8) is 0 Å². The molecule has 1 aromatic heterocycles. The van der Waals surface area contributed by atoms with Crippen molar-refractivity contribution in [3.8, 4) is 0 Å². The molecule has 108 valence electrons. The molecule has 0 aliphatic carbocycles. The number of carbonyl (C=O) groups is 1. The summed E-state index contributed by atoms with van der Waals surface area (Å²) in [5.41, 5.74) is 6.64. The topological polar surface area (TPSA) is 68.0 Å². The molecule has 2 atom stereocenters. The summed E-state index contributed by atoms with van der Waals surface area (Å²) in [4.78, 5) is 16.5. The van der Waals surface area contributed by atoms with Gasteiger partial charge in [-0.25, -0.2) is 4.98 Å². The first-order valence-corrected chi connectivity index (χ1v) is 7.80. The summed E-state index contributed by atoms with van der Waals surface area (Å²) in [6.45, 7) is 3.94. The zero-order valence-corrected chi connectivity index (χ0v) is 12.7. The number of benzene rings is 1. The van der Waals surface area contributed by atoms with Gasteiger partial charge in [-0.15, -0.1) is 0 Å². The minimum atomic E-state index is -0.0132.